The maximum absolute atomic E-state index is 12.1. The Morgan fingerprint density at radius 3 is 2.52 bits per heavy atom. The maximum Gasteiger partial charge on any atom is 0.271 e. The molecule has 0 radical (unpaired) electrons. The highest BCUT2D eigenvalue weighted by atomic mass is 16.5. The molecule has 0 aromatic heterocycles. The van der Waals surface area contributed by atoms with Crippen molar-refractivity contribution in [1.82, 2.24) is 5.43 Å². The van der Waals surface area contributed by atoms with Gasteiger partial charge >= 0.3 is 0 Å². The van der Waals surface area contributed by atoms with Gasteiger partial charge in [-0.1, -0.05) is 30.3 Å². The molecule has 0 atom stereocenters. The quantitative estimate of drug-likeness (QED) is 0.494. The molecule has 0 spiro atoms. The monoisotopic (exact) mass is 385 g/mol. The van der Waals surface area contributed by atoms with E-state index in [0.29, 0.717) is 29.2 Å². The van der Waals surface area contributed by atoms with Gasteiger partial charge in [-0.15, -0.1) is 0 Å². The van der Waals surface area contributed by atoms with Crippen LogP contribution in [0, 0.1) is 11.3 Å². The number of methoxy groups -OCH3 is 1. The van der Waals surface area contributed by atoms with E-state index in [-0.39, 0.29) is 5.91 Å². The Bertz CT molecular complexity index is 1040. The first-order chi connectivity index (χ1) is 14.2. The van der Waals surface area contributed by atoms with E-state index in [1.165, 1.54) is 6.21 Å². The molecule has 144 valence electrons. The normalized spacial score (nSPS) is 10.3. The molecule has 0 heterocycles. The van der Waals surface area contributed by atoms with Crippen molar-refractivity contribution in [2.45, 2.75) is 6.61 Å². The summed E-state index contributed by atoms with van der Waals surface area (Å²) in [5, 5.41) is 12.8. The molecular weight excluding hydrogens is 366 g/mol. The van der Waals surface area contributed by atoms with E-state index < -0.39 is 0 Å². The van der Waals surface area contributed by atoms with Crippen molar-refractivity contribution in [3.05, 3.63) is 95.1 Å². The maximum atomic E-state index is 12.1. The average molecular weight is 385 g/mol. The minimum Gasteiger partial charge on any atom is -0.493 e. The third-order valence-electron chi connectivity index (χ3n) is 4.08. The molecule has 3 aromatic carbocycles. The van der Waals surface area contributed by atoms with Crippen LogP contribution < -0.4 is 14.9 Å². The van der Waals surface area contributed by atoms with E-state index in [1.807, 2.05) is 42.5 Å². The molecule has 1 N–H and O–H groups in total. The van der Waals surface area contributed by atoms with Crippen LogP contribution in [0.3, 0.4) is 0 Å². The summed E-state index contributed by atoms with van der Waals surface area (Å²) in [7, 11) is 1.57. The smallest absolute Gasteiger partial charge is 0.271 e. The van der Waals surface area contributed by atoms with Gasteiger partial charge in [-0.2, -0.15) is 10.4 Å². The van der Waals surface area contributed by atoms with Crippen molar-refractivity contribution in [3.8, 4) is 17.6 Å². The lowest BCUT2D eigenvalue weighted by molar-refractivity contribution is 0.0955. The zero-order valence-electron chi connectivity index (χ0n) is 15.8. The molecule has 3 aromatic rings. The van der Waals surface area contributed by atoms with Gasteiger partial charge in [-0.05, 0) is 53.6 Å². The molecule has 0 aliphatic carbocycles. The number of nitrogens with zero attached hydrogens (tertiary/aromatic N) is 2. The molecule has 29 heavy (non-hydrogen) atoms. The first-order valence-electron chi connectivity index (χ1n) is 8.88. The van der Waals surface area contributed by atoms with Gasteiger partial charge in [0.25, 0.3) is 5.91 Å². The largest absolute Gasteiger partial charge is 0.493 e. The molecule has 0 aliphatic rings. The molecule has 0 unspecified atom stereocenters. The summed E-state index contributed by atoms with van der Waals surface area (Å²) < 4.78 is 11.2. The van der Waals surface area contributed by atoms with Crippen LogP contribution in [0.5, 0.6) is 11.5 Å². The Hall–Kier alpha value is -4.11. The highest BCUT2D eigenvalue weighted by Crippen LogP contribution is 2.28. The zero-order chi connectivity index (χ0) is 20.5. The number of rotatable bonds is 7. The van der Waals surface area contributed by atoms with E-state index in [2.05, 4.69) is 10.5 Å². The first kappa shape index (κ1) is 19.6. The molecular formula is C23H19N3O3. The van der Waals surface area contributed by atoms with Crippen LogP contribution in [-0.4, -0.2) is 19.2 Å². The number of nitrogens with one attached hydrogen (secondary N) is 1. The van der Waals surface area contributed by atoms with E-state index in [9.17, 15) is 4.79 Å². The summed E-state index contributed by atoms with van der Waals surface area (Å²) >= 11 is 0. The molecule has 1 amide bonds. The highest BCUT2D eigenvalue weighted by molar-refractivity contribution is 5.95. The standard InChI is InChI=1S/C23H19N3O3/c1-28-22-13-19(9-12-21(22)29-16-18-5-3-2-4-6-18)15-25-26-23(27)20-10-7-17(14-24)8-11-20/h2-13,15H,16H2,1H3,(H,26,27)/b25-15-. The summed E-state index contributed by atoms with van der Waals surface area (Å²) in [5.74, 6) is 0.832. The fourth-order valence-corrected chi connectivity index (χ4v) is 2.55. The van der Waals surface area contributed by atoms with Crippen LogP contribution in [-0.2, 0) is 6.61 Å². The number of amides is 1. The lowest BCUT2D eigenvalue weighted by atomic mass is 10.1. The minimum absolute atomic E-state index is 0.361. The first-order valence-corrected chi connectivity index (χ1v) is 8.88. The Balaban J connectivity index is 1.61. The SMILES string of the molecule is COc1cc(/C=N\NC(=O)c2ccc(C#N)cc2)ccc1OCc1ccccc1. The van der Waals surface area contributed by atoms with Gasteiger partial charge in [-0.3, -0.25) is 4.79 Å². The van der Waals surface area contributed by atoms with Gasteiger partial charge < -0.3 is 9.47 Å². The second-order valence-electron chi connectivity index (χ2n) is 6.07. The van der Waals surface area contributed by atoms with Crippen LogP contribution >= 0.6 is 0 Å². The van der Waals surface area contributed by atoms with E-state index in [4.69, 9.17) is 14.7 Å². The van der Waals surface area contributed by atoms with Gasteiger partial charge in [-0.25, -0.2) is 5.43 Å². The van der Waals surface area contributed by atoms with Crippen molar-refractivity contribution in [1.29, 1.82) is 5.26 Å². The van der Waals surface area contributed by atoms with Gasteiger partial charge in [0.2, 0.25) is 0 Å². The van der Waals surface area contributed by atoms with Crippen LogP contribution in [0.15, 0.2) is 77.9 Å². The number of hydrogen-bond donors (Lipinski definition) is 1. The van der Waals surface area contributed by atoms with Crippen LogP contribution in [0.25, 0.3) is 0 Å². The summed E-state index contributed by atoms with van der Waals surface area (Å²) in [6, 6.07) is 23.6. The van der Waals surface area contributed by atoms with E-state index in [1.54, 1.807) is 43.5 Å². The number of hydrogen-bond acceptors (Lipinski definition) is 5. The van der Waals surface area contributed by atoms with Crippen molar-refractivity contribution in [3.63, 3.8) is 0 Å². The number of carbonyl (C=O) groups excluding carboxylic acids is 1. The Kier molecular flexibility index (Phi) is 6.58. The van der Waals surface area contributed by atoms with Gasteiger partial charge in [0.1, 0.15) is 6.61 Å². The Morgan fingerprint density at radius 1 is 1.07 bits per heavy atom. The number of nitriles is 1. The Morgan fingerprint density at radius 2 is 1.83 bits per heavy atom. The molecule has 0 fully saturated rings. The number of carbonyl (C=O) groups is 1. The van der Waals surface area contributed by atoms with Crippen molar-refractivity contribution in [2.75, 3.05) is 7.11 Å². The minimum atomic E-state index is -0.361. The number of hydrazone groups is 1. The number of ether oxygens (including phenoxy) is 2. The summed E-state index contributed by atoms with van der Waals surface area (Å²) in [6.45, 7) is 0.436. The van der Waals surface area contributed by atoms with Gasteiger partial charge in [0, 0.05) is 5.56 Å². The Labute approximate surface area is 169 Å². The van der Waals surface area contributed by atoms with Crippen molar-refractivity contribution >= 4 is 12.1 Å². The predicted octanol–water partition coefficient (Wildman–Crippen LogP) is 3.91. The second kappa shape index (κ2) is 9.72. The van der Waals surface area contributed by atoms with Crippen LogP contribution in [0.4, 0.5) is 0 Å². The lowest BCUT2D eigenvalue weighted by Crippen LogP contribution is -2.17. The third-order valence-corrected chi connectivity index (χ3v) is 4.08. The van der Waals surface area contributed by atoms with Crippen LogP contribution in [0.1, 0.15) is 27.0 Å². The molecule has 0 saturated heterocycles. The van der Waals surface area contributed by atoms with Crippen molar-refractivity contribution < 1.29 is 14.3 Å². The van der Waals surface area contributed by atoms with E-state index >= 15 is 0 Å². The van der Waals surface area contributed by atoms with E-state index in [0.717, 1.165) is 11.1 Å². The lowest BCUT2D eigenvalue weighted by Gasteiger charge is -2.11. The number of benzene rings is 3. The fourth-order valence-electron chi connectivity index (χ4n) is 2.55. The molecule has 6 nitrogen and oxygen atoms in total. The average Bonchev–Trinajstić information content (AvgIpc) is 2.78. The molecule has 0 aliphatic heterocycles. The van der Waals surface area contributed by atoms with Gasteiger partial charge in [0.05, 0.1) is 25.0 Å². The third kappa shape index (κ3) is 5.44. The molecule has 0 bridgehead atoms. The highest BCUT2D eigenvalue weighted by Gasteiger charge is 2.06. The summed E-state index contributed by atoms with van der Waals surface area (Å²) in [4.78, 5) is 12.1. The molecule has 0 saturated carbocycles. The predicted molar refractivity (Wildman–Crippen MR) is 110 cm³/mol. The second-order valence-corrected chi connectivity index (χ2v) is 6.07. The summed E-state index contributed by atoms with van der Waals surface area (Å²) in [5.41, 5.74) is 5.18. The van der Waals surface area contributed by atoms with Crippen LogP contribution in [0.2, 0.25) is 0 Å². The topological polar surface area (TPSA) is 83.7 Å². The van der Waals surface area contributed by atoms with Crippen molar-refractivity contribution in [2.24, 2.45) is 5.10 Å². The molecule has 6 heteroatoms. The summed E-state index contributed by atoms with van der Waals surface area (Å²) in [6.07, 6.45) is 1.52. The molecule has 3 rings (SSSR count). The zero-order valence-corrected chi connectivity index (χ0v) is 15.8. The fraction of sp³-hybridized carbons (Fsp3) is 0.0870. The van der Waals surface area contributed by atoms with Gasteiger partial charge in [0.15, 0.2) is 11.5 Å².